The fraction of sp³-hybridized carbons (Fsp3) is 0.400. The lowest BCUT2D eigenvalue weighted by Crippen LogP contribution is -2.10. The Kier molecular flexibility index (Phi) is 5.33. The van der Waals surface area contributed by atoms with E-state index in [0.29, 0.717) is 23.1 Å². The molecule has 1 fully saturated rings. The lowest BCUT2D eigenvalue weighted by molar-refractivity contribution is -0.137. The van der Waals surface area contributed by atoms with Crippen LogP contribution < -0.4 is 10.5 Å². The third-order valence-electron chi connectivity index (χ3n) is 4.86. The summed E-state index contributed by atoms with van der Waals surface area (Å²) in [5.74, 6) is 1.76. The molecule has 1 aliphatic rings. The highest BCUT2D eigenvalue weighted by molar-refractivity contribution is 5.32. The summed E-state index contributed by atoms with van der Waals surface area (Å²) < 4.78 is 44.0. The van der Waals surface area contributed by atoms with E-state index >= 15 is 0 Å². The van der Waals surface area contributed by atoms with Gasteiger partial charge in [-0.1, -0.05) is 24.3 Å². The molecule has 0 heterocycles. The predicted octanol–water partition coefficient (Wildman–Crippen LogP) is 5.13. The predicted molar refractivity (Wildman–Crippen MR) is 91.4 cm³/mol. The minimum atomic E-state index is -4.34. The van der Waals surface area contributed by atoms with E-state index in [4.69, 9.17) is 10.5 Å². The summed E-state index contributed by atoms with van der Waals surface area (Å²) in [6.07, 6.45) is -0.971. The number of benzene rings is 2. The van der Waals surface area contributed by atoms with E-state index in [9.17, 15) is 13.2 Å². The SMILES string of the molecule is NCC1CCC(c2cccc(OCc3cccc(C(F)(F)F)c3)c2)C1. The number of hydrogen-bond acceptors (Lipinski definition) is 2. The van der Waals surface area contributed by atoms with Gasteiger partial charge in [0.2, 0.25) is 0 Å². The molecule has 0 aliphatic heterocycles. The van der Waals surface area contributed by atoms with Crippen LogP contribution in [0.5, 0.6) is 5.75 Å². The topological polar surface area (TPSA) is 35.2 Å². The van der Waals surface area contributed by atoms with Crippen molar-refractivity contribution in [2.45, 2.75) is 38.0 Å². The normalized spacial score (nSPS) is 20.6. The molecule has 2 aromatic carbocycles. The quantitative estimate of drug-likeness (QED) is 0.812. The van der Waals surface area contributed by atoms with Crippen LogP contribution in [0.1, 0.15) is 41.9 Å². The molecule has 3 rings (SSSR count). The smallest absolute Gasteiger partial charge is 0.416 e. The summed E-state index contributed by atoms with van der Waals surface area (Å²) in [5.41, 5.74) is 6.83. The minimum absolute atomic E-state index is 0.115. The Morgan fingerprint density at radius 3 is 2.56 bits per heavy atom. The van der Waals surface area contributed by atoms with Crippen LogP contribution in [0.2, 0.25) is 0 Å². The van der Waals surface area contributed by atoms with Crippen molar-refractivity contribution in [2.75, 3.05) is 6.54 Å². The van der Waals surface area contributed by atoms with Gasteiger partial charge in [0.15, 0.2) is 0 Å². The van der Waals surface area contributed by atoms with Crippen LogP contribution in [0, 0.1) is 5.92 Å². The van der Waals surface area contributed by atoms with E-state index in [1.165, 1.54) is 11.6 Å². The van der Waals surface area contributed by atoms with Gasteiger partial charge in [0.05, 0.1) is 5.56 Å². The van der Waals surface area contributed by atoms with Gasteiger partial charge in [-0.3, -0.25) is 0 Å². The molecule has 134 valence electrons. The van der Waals surface area contributed by atoms with Crippen LogP contribution in [-0.2, 0) is 12.8 Å². The third kappa shape index (κ3) is 4.54. The van der Waals surface area contributed by atoms with Gasteiger partial charge in [0.25, 0.3) is 0 Å². The molecule has 25 heavy (non-hydrogen) atoms. The summed E-state index contributed by atoms with van der Waals surface area (Å²) in [4.78, 5) is 0. The molecule has 0 amide bonds. The zero-order chi connectivity index (χ0) is 17.9. The molecule has 2 atom stereocenters. The van der Waals surface area contributed by atoms with Crippen LogP contribution in [-0.4, -0.2) is 6.54 Å². The largest absolute Gasteiger partial charge is 0.489 e. The van der Waals surface area contributed by atoms with Gasteiger partial charge < -0.3 is 10.5 Å². The first-order valence-corrected chi connectivity index (χ1v) is 8.54. The van der Waals surface area contributed by atoms with E-state index in [2.05, 4.69) is 6.07 Å². The van der Waals surface area contributed by atoms with Gasteiger partial charge in [-0.05, 0) is 73.0 Å². The summed E-state index contributed by atoms with van der Waals surface area (Å²) in [6, 6.07) is 13.1. The second-order valence-corrected chi connectivity index (χ2v) is 6.67. The molecule has 2 unspecified atom stereocenters. The standard InChI is InChI=1S/C20H22F3NO/c21-20(22,23)18-5-1-3-15(10-18)13-25-19-6-2-4-16(11-19)17-8-7-14(9-17)12-24/h1-6,10-11,14,17H,7-9,12-13,24H2. The highest BCUT2D eigenvalue weighted by Crippen LogP contribution is 2.38. The lowest BCUT2D eigenvalue weighted by atomic mass is 9.96. The van der Waals surface area contributed by atoms with Crippen molar-refractivity contribution in [3.63, 3.8) is 0 Å². The Hall–Kier alpha value is -2.01. The zero-order valence-electron chi connectivity index (χ0n) is 13.9. The average molecular weight is 349 g/mol. The van der Waals surface area contributed by atoms with Gasteiger partial charge in [-0.15, -0.1) is 0 Å². The van der Waals surface area contributed by atoms with E-state index in [-0.39, 0.29) is 6.61 Å². The average Bonchev–Trinajstić information content (AvgIpc) is 3.09. The van der Waals surface area contributed by atoms with Crippen molar-refractivity contribution >= 4 is 0 Å². The maximum absolute atomic E-state index is 12.8. The van der Waals surface area contributed by atoms with Crippen molar-refractivity contribution in [3.8, 4) is 5.75 Å². The number of nitrogens with two attached hydrogens (primary N) is 1. The van der Waals surface area contributed by atoms with E-state index in [1.54, 1.807) is 6.07 Å². The first kappa shape index (κ1) is 17.8. The van der Waals surface area contributed by atoms with Crippen molar-refractivity contribution in [1.29, 1.82) is 0 Å². The molecule has 2 nitrogen and oxygen atoms in total. The summed E-state index contributed by atoms with van der Waals surface area (Å²) in [5, 5.41) is 0. The molecule has 0 spiro atoms. The Balaban J connectivity index is 1.65. The molecular formula is C20H22F3NO. The van der Waals surface area contributed by atoms with Gasteiger partial charge in [0.1, 0.15) is 12.4 Å². The summed E-state index contributed by atoms with van der Waals surface area (Å²) in [6.45, 7) is 0.839. The number of ether oxygens (including phenoxy) is 1. The molecule has 5 heteroatoms. The number of halogens is 3. The number of rotatable bonds is 5. The van der Waals surface area contributed by atoms with Crippen molar-refractivity contribution in [2.24, 2.45) is 11.7 Å². The number of alkyl halides is 3. The Bertz CT molecular complexity index is 714. The number of hydrogen-bond donors (Lipinski definition) is 1. The van der Waals surface area contributed by atoms with Crippen molar-refractivity contribution in [3.05, 3.63) is 65.2 Å². The van der Waals surface area contributed by atoms with Crippen molar-refractivity contribution < 1.29 is 17.9 Å². The highest BCUT2D eigenvalue weighted by Gasteiger charge is 2.30. The first-order chi connectivity index (χ1) is 12.0. The van der Waals surface area contributed by atoms with Gasteiger partial charge in [0, 0.05) is 0 Å². The Morgan fingerprint density at radius 2 is 1.84 bits per heavy atom. The van der Waals surface area contributed by atoms with E-state index in [1.807, 2.05) is 18.2 Å². The van der Waals surface area contributed by atoms with E-state index in [0.717, 1.165) is 37.9 Å². The molecule has 1 saturated carbocycles. The molecule has 2 N–H and O–H groups in total. The molecular weight excluding hydrogens is 327 g/mol. The molecule has 0 saturated heterocycles. The van der Waals surface area contributed by atoms with Crippen LogP contribution in [0.15, 0.2) is 48.5 Å². The van der Waals surface area contributed by atoms with Crippen LogP contribution in [0.25, 0.3) is 0 Å². The molecule has 0 bridgehead atoms. The summed E-state index contributed by atoms with van der Waals surface area (Å²) >= 11 is 0. The minimum Gasteiger partial charge on any atom is -0.489 e. The maximum Gasteiger partial charge on any atom is 0.416 e. The zero-order valence-corrected chi connectivity index (χ0v) is 13.9. The second-order valence-electron chi connectivity index (χ2n) is 6.67. The summed E-state index contributed by atoms with van der Waals surface area (Å²) in [7, 11) is 0. The third-order valence-corrected chi connectivity index (χ3v) is 4.86. The first-order valence-electron chi connectivity index (χ1n) is 8.54. The van der Waals surface area contributed by atoms with Crippen LogP contribution in [0.3, 0.4) is 0 Å². The fourth-order valence-electron chi connectivity index (χ4n) is 3.45. The molecule has 1 aliphatic carbocycles. The van der Waals surface area contributed by atoms with Crippen molar-refractivity contribution in [1.82, 2.24) is 0 Å². The second kappa shape index (κ2) is 7.48. The van der Waals surface area contributed by atoms with Crippen LogP contribution in [0.4, 0.5) is 13.2 Å². The monoisotopic (exact) mass is 349 g/mol. The molecule has 0 radical (unpaired) electrons. The van der Waals surface area contributed by atoms with E-state index < -0.39 is 11.7 Å². The lowest BCUT2D eigenvalue weighted by Gasteiger charge is -2.14. The van der Waals surface area contributed by atoms with Gasteiger partial charge in [-0.25, -0.2) is 0 Å². The Morgan fingerprint density at radius 1 is 1.04 bits per heavy atom. The molecule has 2 aromatic rings. The maximum atomic E-state index is 12.8. The van der Waals surface area contributed by atoms with Crippen LogP contribution >= 0.6 is 0 Å². The fourth-order valence-corrected chi connectivity index (χ4v) is 3.45. The Labute approximate surface area is 145 Å². The molecule has 0 aromatic heterocycles. The van der Waals surface area contributed by atoms with Gasteiger partial charge >= 0.3 is 6.18 Å². The van der Waals surface area contributed by atoms with Gasteiger partial charge in [-0.2, -0.15) is 13.2 Å². The highest BCUT2D eigenvalue weighted by atomic mass is 19.4.